The highest BCUT2D eigenvalue weighted by Crippen LogP contribution is 2.21. The summed E-state index contributed by atoms with van der Waals surface area (Å²) in [5.74, 6) is 0.00793. The molecule has 0 amide bonds. The first-order valence-corrected chi connectivity index (χ1v) is 8.99. The van der Waals surface area contributed by atoms with Gasteiger partial charge in [-0.25, -0.2) is 19.7 Å². The molecule has 142 valence electrons. The molecule has 0 aliphatic rings. The number of ether oxygens (including phenoxy) is 1. The largest absolute Gasteiger partial charge is 0.462 e. The van der Waals surface area contributed by atoms with E-state index in [9.17, 15) is 4.79 Å². The highest BCUT2D eigenvalue weighted by molar-refractivity contribution is 6.03. The van der Waals surface area contributed by atoms with E-state index in [1.54, 1.807) is 12.4 Å². The molecule has 8 nitrogen and oxygen atoms in total. The second-order valence-electron chi connectivity index (χ2n) is 6.69. The first kappa shape index (κ1) is 17.8. The molecule has 1 aromatic carbocycles. The summed E-state index contributed by atoms with van der Waals surface area (Å²) in [5, 5.41) is 0.809. The van der Waals surface area contributed by atoms with E-state index in [0.29, 0.717) is 35.5 Å². The minimum Gasteiger partial charge on any atom is -0.462 e. The zero-order chi connectivity index (χ0) is 19.7. The first-order chi connectivity index (χ1) is 13.5. The van der Waals surface area contributed by atoms with Gasteiger partial charge in [0.15, 0.2) is 11.5 Å². The highest BCUT2D eigenvalue weighted by Gasteiger charge is 2.14. The first-order valence-electron chi connectivity index (χ1n) is 8.99. The molecule has 8 heteroatoms. The van der Waals surface area contributed by atoms with E-state index in [0.717, 1.165) is 22.2 Å². The minimum absolute atomic E-state index is 0.285. The maximum absolute atomic E-state index is 12.6. The summed E-state index contributed by atoms with van der Waals surface area (Å²) in [7, 11) is 0. The van der Waals surface area contributed by atoms with Crippen LogP contribution in [0.5, 0.6) is 0 Å². The smallest absolute Gasteiger partial charge is 0.338 e. The number of benzene rings is 1. The molecule has 0 aliphatic carbocycles. The lowest BCUT2D eigenvalue weighted by atomic mass is 10.1. The maximum atomic E-state index is 12.6. The van der Waals surface area contributed by atoms with Gasteiger partial charge in [-0.1, -0.05) is 11.6 Å². The Morgan fingerprint density at radius 2 is 2.04 bits per heavy atom. The van der Waals surface area contributed by atoms with Crippen molar-refractivity contribution in [3.8, 4) is 0 Å². The van der Waals surface area contributed by atoms with Crippen LogP contribution in [-0.2, 0) is 11.3 Å². The lowest BCUT2D eigenvalue weighted by Crippen LogP contribution is -2.10. The monoisotopic (exact) mass is 376 g/mol. The van der Waals surface area contributed by atoms with Crippen LogP contribution in [0.15, 0.2) is 36.9 Å². The summed E-state index contributed by atoms with van der Waals surface area (Å²) in [5.41, 5.74) is 10.2. The Balaban J connectivity index is 1.44. The van der Waals surface area contributed by atoms with Crippen LogP contribution in [0.3, 0.4) is 0 Å². The van der Waals surface area contributed by atoms with Crippen LogP contribution in [0.25, 0.3) is 22.1 Å². The van der Waals surface area contributed by atoms with E-state index < -0.39 is 0 Å². The molecule has 3 heterocycles. The third kappa shape index (κ3) is 3.36. The molecule has 4 aromatic rings. The van der Waals surface area contributed by atoms with Gasteiger partial charge in [-0.05, 0) is 38.5 Å². The number of carbonyl (C=O) groups is 1. The Labute approximate surface area is 161 Å². The number of imidazole rings is 1. The Bertz CT molecular complexity index is 1180. The number of aromatic nitrogens is 5. The second-order valence-corrected chi connectivity index (χ2v) is 6.69. The Hall–Kier alpha value is -3.55. The van der Waals surface area contributed by atoms with Crippen molar-refractivity contribution in [1.82, 2.24) is 24.5 Å². The zero-order valence-electron chi connectivity index (χ0n) is 15.7. The molecule has 0 spiro atoms. The molecule has 0 fully saturated rings. The molecule has 3 aromatic heterocycles. The summed E-state index contributed by atoms with van der Waals surface area (Å²) in [6, 6.07) is 7.63. The van der Waals surface area contributed by atoms with Crippen LogP contribution in [-0.4, -0.2) is 37.1 Å². The average Bonchev–Trinajstić information content (AvgIpc) is 3.09. The van der Waals surface area contributed by atoms with Gasteiger partial charge < -0.3 is 15.0 Å². The van der Waals surface area contributed by atoms with E-state index in [4.69, 9.17) is 10.5 Å². The van der Waals surface area contributed by atoms with Gasteiger partial charge in [0.25, 0.3) is 0 Å². The van der Waals surface area contributed by atoms with E-state index in [1.165, 1.54) is 6.33 Å². The number of carbonyl (C=O) groups excluding carboxylic acids is 1. The van der Waals surface area contributed by atoms with Gasteiger partial charge in [-0.15, -0.1) is 0 Å². The van der Waals surface area contributed by atoms with Crippen molar-refractivity contribution in [2.24, 2.45) is 0 Å². The summed E-state index contributed by atoms with van der Waals surface area (Å²) in [6.07, 6.45) is 3.71. The van der Waals surface area contributed by atoms with E-state index >= 15 is 0 Å². The van der Waals surface area contributed by atoms with Crippen molar-refractivity contribution >= 4 is 33.9 Å². The molecule has 0 atom stereocenters. The number of anilines is 1. The van der Waals surface area contributed by atoms with Crippen LogP contribution in [0, 0.1) is 13.8 Å². The third-order valence-electron chi connectivity index (χ3n) is 4.52. The molecule has 0 saturated heterocycles. The van der Waals surface area contributed by atoms with Gasteiger partial charge >= 0.3 is 5.97 Å². The van der Waals surface area contributed by atoms with Gasteiger partial charge in [0.2, 0.25) is 0 Å². The maximum Gasteiger partial charge on any atom is 0.338 e. The van der Waals surface area contributed by atoms with Crippen LogP contribution in [0.2, 0.25) is 0 Å². The summed E-state index contributed by atoms with van der Waals surface area (Å²) in [6.45, 7) is 4.75. The van der Waals surface area contributed by atoms with Gasteiger partial charge in [-0.3, -0.25) is 4.98 Å². The predicted molar refractivity (Wildman–Crippen MR) is 106 cm³/mol. The Morgan fingerprint density at radius 3 is 2.89 bits per heavy atom. The number of nitrogens with zero attached hydrogens (tertiary/aromatic N) is 5. The molecule has 0 radical (unpaired) electrons. The van der Waals surface area contributed by atoms with E-state index in [1.807, 2.05) is 36.6 Å². The molecule has 0 aliphatic heterocycles. The number of fused-ring (bicyclic) bond motifs is 2. The Kier molecular flexibility index (Phi) is 4.60. The topological polar surface area (TPSA) is 109 Å². The van der Waals surface area contributed by atoms with Gasteiger partial charge in [-0.2, -0.15) is 0 Å². The van der Waals surface area contributed by atoms with Crippen molar-refractivity contribution in [2.45, 2.75) is 26.8 Å². The van der Waals surface area contributed by atoms with Crippen molar-refractivity contribution in [1.29, 1.82) is 0 Å². The van der Waals surface area contributed by atoms with Crippen LogP contribution < -0.4 is 5.73 Å². The predicted octanol–water partition coefficient (Wildman–Crippen LogP) is 2.82. The van der Waals surface area contributed by atoms with Crippen LogP contribution in [0.1, 0.15) is 28.0 Å². The fourth-order valence-corrected chi connectivity index (χ4v) is 3.18. The van der Waals surface area contributed by atoms with Gasteiger partial charge in [0.1, 0.15) is 11.8 Å². The number of rotatable bonds is 5. The number of hydrogen-bond donors (Lipinski definition) is 1. The lowest BCUT2D eigenvalue weighted by Gasteiger charge is -2.09. The van der Waals surface area contributed by atoms with Crippen LogP contribution in [0.4, 0.5) is 5.82 Å². The fraction of sp³-hybridized carbons (Fsp3) is 0.250. The summed E-state index contributed by atoms with van der Waals surface area (Å²) < 4.78 is 7.38. The van der Waals surface area contributed by atoms with Crippen molar-refractivity contribution in [2.75, 3.05) is 12.3 Å². The number of pyridine rings is 1. The number of hydrogen-bond acceptors (Lipinski definition) is 7. The normalized spacial score (nSPS) is 11.2. The summed E-state index contributed by atoms with van der Waals surface area (Å²) in [4.78, 5) is 29.5. The van der Waals surface area contributed by atoms with E-state index in [-0.39, 0.29) is 12.6 Å². The molecule has 4 rings (SSSR count). The molecule has 0 bridgehead atoms. The number of aryl methyl sites for hydroxylation is 3. The molecular weight excluding hydrogens is 356 g/mol. The molecular formula is C20H20N6O2. The van der Waals surface area contributed by atoms with Gasteiger partial charge in [0, 0.05) is 17.6 Å². The Morgan fingerprint density at radius 1 is 1.18 bits per heavy atom. The van der Waals surface area contributed by atoms with Crippen LogP contribution >= 0.6 is 0 Å². The molecule has 0 saturated carbocycles. The number of esters is 1. The zero-order valence-corrected chi connectivity index (χ0v) is 15.7. The fourth-order valence-electron chi connectivity index (χ4n) is 3.18. The number of nitrogen functional groups attached to an aromatic ring is 1. The molecule has 28 heavy (non-hydrogen) atoms. The number of nitrogens with two attached hydrogens (primary N) is 1. The van der Waals surface area contributed by atoms with Crippen molar-refractivity contribution < 1.29 is 9.53 Å². The molecule has 2 N–H and O–H groups in total. The SMILES string of the molecule is Cc1ccc2nc(C)cc(C(=O)OCCCn3cnc4c(N)ncnc43)c2c1. The summed E-state index contributed by atoms with van der Waals surface area (Å²) >= 11 is 0. The highest BCUT2D eigenvalue weighted by atomic mass is 16.5. The van der Waals surface area contributed by atoms with E-state index in [2.05, 4.69) is 19.9 Å². The average molecular weight is 376 g/mol. The third-order valence-corrected chi connectivity index (χ3v) is 4.52. The standard InChI is InChI=1S/C20H20N6O2/c1-12-4-5-16-14(8-12)15(9-13(2)25-16)20(27)28-7-3-6-26-11-24-17-18(21)22-10-23-19(17)26/h4-5,8-11H,3,6-7H2,1-2H3,(H2,21,22,23). The second kappa shape index (κ2) is 7.22. The minimum atomic E-state index is -0.344. The molecule has 0 unspecified atom stereocenters. The van der Waals surface area contributed by atoms with Crippen molar-refractivity contribution in [3.63, 3.8) is 0 Å². The van der Waals surface area contributed by atoms with Gasteiger partial charge in [0.05, 0.1) is 24.0 Å². The quantitative estimate of drug-likeness (QED) is 0.421. The van der Waals surface area contributed by atoms with Crippen molar-refractivity contribution in [3.05, 3.63) is 53.7 Å². The lowest BCUT2D eigenvalue weighted by molar-refractivity contribution is 0.0498.